The molecule has 1 aromatic heterocycles. The maximum Gasteiger partial charge on any atom is 0.337 e. The van der Waals surface area contributed by atoms with Crippen LogP contribution in [0.3, 0.4) is 0 Å². The second-order valence-corrected chi connectivity index (χ2v) is 4.21. The van der Waals surface area contributed by atoms with Crippen LogP contribution >= 0.6 is 0 Å². The van der Waals surface area contributed by atoms with E-state index in [1.807, 2.05) is 6.07 Å². The van der Waals surface area contributed by atoms with Crippen LogP contribution in [0.4, 0.5) is 5.69 Å². The molecule has 0 bridgehead atoms. The Morgan fingerprint density at radius 2 is 2.00 bits per heavy atom. The van der Waals surface area contributed by atoms with E-state index in [1.165, 1.54) is 31.6 Å². The molecule has 22 heavy (non-hydrogen) atoms. The molecule has 0 unspecified atom stereocenters. The van der Waals surface area contributed by atoms with Crippen molar-refractivity contribution in [3.63, 3.8) is 0 Å². The van der Waals surface area contributed by atoms with E-state index >= 15 is 0 Å². The van der Waals surface area contributed by atoms with Gasteiger partial charge in [0.05, 0.1) is 18.9 Å². The van der Waals surface area contributed by atoms with Gasteiger partial charge in [0.15, 0.2) is 0 Å². The molecule has 0 saturated carbocycles. The zero-order valence-corrected chi connectivity index (χ0v) is 11.7. The third-order valence-corrected chi connectivity index (χ3v) is 2.76. The van der Waals surface area contributed by atoms with Gasteiger partial charge in [-0.05, 0) is 36.4 Å². The topological polar surface area (TPSA) is 92.3 Å². The number of carbonyl (C=O) groups excluding carboxylic acids is 2. The van der Waals surface area contributed by atoms with Crippen LogP contribution in [0.25, 0.3) is 6.08 Å². The van der Waals surface area contributed by atoms with Crippen molar-refractivity contribution < 1.29 is 18.7 Å². The summed E-state index contributed by atoms with van der Waals surface area (Å²) in [7, 11) is 1.29. The highest BCUT2D eigenvalue weighted by Crippen LogP contribution is 2.13. The summed E-state index contributed by atoms with van der Waals surface area (Å²) in [4.78, 5) is 23.3. The third-order valence-electron chi connectivity index (χ3n) is 2.76. The fourth-order valence-corrected chi connectivity index (χ4v) is 1.67. The Bertz CT molecular complexity index is 737. The van der Waals surface area contributed by atoms with Crippen LogP contribution < -0.4 is 5.32 Å². The smallest absolute Gasteiger partial charge is 0.337 e. The van der Waals surface area contributed by atoms with Gasteiger partial charge in [0.2, 0.25) is 0 Å². The average Bonchev–Trinajstić information content (AvgIpc) is 3.05. The van der Waals surface area contributed by atoms with Gasteiger partial charge in [-0.3, -0.25) is 4.79 Å². The molecule has 1 heterocycles. The van der Waals surface area contributed by atoms with Crippen molar-refractivity contribution in [2.75, 3.05) is 12.4 Å². The highest BCUT2D eigenvalue weighted by Gasteiger charge is 2.11. The van der Waals surface area contributed by atoms with Gasteiger partial charge in [0.1, 0.15) is 17.4 Å². The maximum atomic E-state index is 12.0. The lowest BCUT2D eigenvalue weighted by atomic mass is 10.2. The molecule has 6 nitrogen and oxygen atoms in total. The van der Waals surface area contributed by atoms with Crippen molar-refractivity contribution in [1.29, 1.82) is 5.26 Å². The Kier molecular flexibility index (Phi) is 4.73. The van der Waals surface area contributed by atoms with Gasteiger partial charge in [-0.25, -0.2) is 4.79 Å². The normalized spacial score (nSPS) is 10.6. The summed E-state index contributed by atoms with van der Waals surface area (Å²) in [6, 6.07) is 11.2. The number of methoxy groups -OCH3 is 1. The second-order valence-electron chi connectivity index (χ2n) is 4.21. The van der Waals surface area contributed by atoms with Gasteiger partial charge in [-0.1, -0.05) is 0 Å². The molecule has 2 aromatic rings. The molecule has 0 atom stereocenters. The molecule has 110 valence electrons. The number of benzene rings is 1. The number of furan rings is 1. The number of nitrogens with one attached hydrogen (secondary N) is 1. The van der Waals surface area contributed by atoms with E-state index in [4.69, 9.17) is 9.68 Å². The van der Waals surface area contributed by atoms with Gasteiger partial charge in [-0.15, -0.1) is 0 Å². The van der Waals surface area contributed by atoms with Crippen LogP contribution in [0, 0.1) is 11.3 Å². The number of carbonyl (C=O) groups is 2. The summed E-state index contributed by atoms with van der Waals surface area (Å²) in [5.41, 5.74) is 0.734. The van der Waals surface area contributed by atoms with E-state index < -0.39 is 11.9 Å². The summed E-state index contributed by atoms with van der Waals surface area (Å²) in [6.45, 7) is 0. The van der Waals surface area contributed by atoms with Crippen molar-refractivity contribution in [3.8, 4) is 6.07 Å². The Labute approximate surface area is 126 Å². The van der Waals surface area contributed by atoms with Gasteiger partial charge in [0.25, 0.3) is 5.91 Å². The molecular weight excluding hydrogens is 284 g/mol. The minimum atomic E-state index is -0.565. The molecule has 0 aliphatic carbocycles. The van der Waals surface area contributed by atoms with Crippen LogP contribution in [0.15, 0.2) is 52.7 Å². The largest absolute Gasteiger partial charge is 0.465 e. The zero-order valence-electron chi connectivity index (χ0n) is 11.7. The number of nitrogens with zero attached hydrogens (tertiary/aromatic N) is 1. The Morgan fingerprint density at radius 3 is 2.55 bits per heavy atom. The number of anilines is 1. The van der Waals surface area contributed by atoms with Crippen LogP contribution in [-0.4, -0.2) is 19.0 Å². The average molecular weight is 296 g/mol. The molecule has 0 aliphatic heterocycles. The summed E-state index contributed by atoms with van der Waals surface area (Å²) in [5, 5.41) is 11.6. The lowest BCUT2D eigenvalue weighted by molar-refractivity contribution is -0.112. The highest BCUT2D eigenvalue weighted by molar-refractivity contribution is 6.09. The maximum absolute atomic E-state index is 12.0. The quantitative estimate of drug-likeness (QED) is 0.532. The molecule has 0 aliphatic rings. The molecule has 1 N–H and O–H groups in total. The molecule has 0 fully saturated rings. The number of hydrogen-bond donors (Lipinski definition) is 1. The number of hydrogen-bond acceptors (Lipinski definition) is 5. The second kappa shape index (κ2) is 6.90. The number of amides is 1. The van der Waals surface area contributed by atoms with E-state index in [2.05, 4.69) is 10.1 Å². The van der Waals surface area contributed by atoms with E-state index in [0.29, 0.717) is 17.0 Å². The first-order valence-electron chi connectivity index (χ1n) is 6.29. The zero-order chi connectivity index (χ0) is 15.9. The van der Waals surface area contributed by atoms with E-state index in [0.717, 1.165) is 0 Å². The molecule has 1 amide bonds. The fraction of sp³-hybridized carbons (Fsp3) is 0.0625. The van der Waals surface area contributed by atoms with Gasteiger partial charge < -0.3 is 14.5 Å². The molecular formula is C16H12N2O4. The van der Waals surface area contributed by atoms with Crippen LogP contribution in [0.1, 0.15) is 16.1 Å². The van der Waals surface area contributed by atoms with Crippen molar-refractivity contribution >= 4 is 23.6 Å². The molecule has 1 aromatic carbocycles. The summed E-state index contributed by atoms with van der Waals surface area (Å²) in [5.74, 6) is -0.620. The van der Waals surface area contributed by atoms with Crippen LogP contribution in [-0.2, 0) is 9.53 Å². The standard InChI is InChI=1S/C16H12N2O4/c1-21-16(20)11-4-6-13(7-5-11)18-15(19)12(10-17)9-14-3-2-8-22-14/h2-9H,1H3,(H,18,19)/b12-9+. The van der Waals surface area contributed by atoms with Gasteiger partial charge in [-0.2, -0.15) is 5.26 Å². The van der Waals surface area contributed by atoms with E-state index in [1.54, 1.807) is 24.3 Å². The monoisotopic (exact) mass is 296 g/mol. The fourth-order valence-electron chi connectivity index (χ4n) is 1.67. The van der Waals surface area contributed by atoms with Gasteiger partial charge in [0, 0.05) is 11.8 Å². The Balaban J connectivity index is 2.11. The molecule has 6 heteroatoms. The lowest BCUT2D eigenvalue weighted by Gasteiger charge is -2.05. The van der Waals surface area contributed by atoms with E-state index in [9.17, 15) is 9.59 Å². The highest BCUT2D eigenvalue weighted by atomic mass is 16.5. The summed E-state index contributed by atoms with van der Waals surface area (Å²) in [6.07, 6.45) is 2.79. The molecule has 2 rings (SSSR count). The Morgan fingerprint density at radius 1 is 1.27 bits per heavy atom. The van der Waals surface area contributed by atoms with Crippen LogP contribution in [0.5, 0.6) is 0 Å². The van der Waals surface area contributed by atoms with Crippen molar-refractivity contribution in [1.82, 2.24) is 0 Å². The van der Waals surface area contributed by atoms with Gasteiger partial charge >= 0.3 is 5.97 Å². The number of esters is 1. The summed E-state index contributed by atoms with van der Waals surface area (Å²) >= 11 is 0. The number of nitriles is 1. The molecule has 0 saturated heterocycles. The van der Waals surface area contributed by atoms with Crippen molar-refractivity contribution in [3.05, 3.63) is 59.6 Å². The van der Waals surface area contributed by atoms with Crippen LogP contribution in [0.2, 0.25) is 0 Å². The minimum absolute atomic E-state index is 0.0907. The predicted molar refractivity (Wildman–Crippen MR) is 78.7 cm³/mol. The summed E-state index contributed by atoms with van der Waals surface area (Å²) < 4.78 is 9.64. The molecule has 0 spiro atoms. The lowest BCUT2D eigenvalue weighted by Crippen LogP contribution is -2.13. The first kappa shape index (κ1) is 15.1. The predicted octanol–water partition coefficient (Wildman–Crippen LogP) is 2.61. The van der Waals surface area contributed by atoms with E-state index in [-0.39, 0.29) is 5.57 Å². The first-order valence-corrected chi connectivity index (χ1v) is 6.29. The number of rotatable bonds is 4. The van der Waals surface area contributed by atoms with Crippen molar-refractivity contribution in [2.45, 2.75) is 0 Å². The first-order chi connectivity index (χ1) is 10.6. The molecule has 0 radical (unpaired) electrons. The minimum Gasteiger partial charge on any atom is -0.465 e. The Hall–Kier alpha value is -3.33. The number of ether oxygens (including phenoxy) is 1. The SMILES string of the molecule is COC(=O)c1ccc(NC(=O)/C(C#N)=C/c2ccco2)cc1. The third kappa shape index (κ3) is 3.61. The van der Waals surface area contributed by atoms with Crippen molar-refractivity contribution in [2.24, 2.45) is 0 Å².